The molecule has 0 radical (unpaired) electrons. The zero-order valence-corrected chi connectivity index (χ0v) is 16.4. The molecular formula is C19H20INO4. The zero-order valence-electron chi connectivity index (χ0n) is 14.3. The number of halogens is 1. The SMILES string of the molecule is COc1cc2c(cc1OC)CN(C(=O)COc1ccc(I)cc1)CC2. The topological polar surface area (TPSA) is 48.0 Å². The highest BCUT2D eigenvalue weighted by Gasteiger charge is 2.23. The molecule has 2 aromatic carbocycles. The van der Waals surface area contributed by atoms with Crippen molar-refractivity contribution >= 4 is 28.5 Å². The van der Waals surface area contributed by atoms with Gasteiger partial charge in [0.15, 0.2) is 18.1 Å². The third-order valence-corrected chi connectivity index (χ3v) is 4.97. The van der Waals surface area contributed by atoms with E-state index in [1.807, 2.05) is 41.3 Å². The molecule has 0 atom stereocenters. The van der Waals surface area contributed by atoms with Crippen molar-refractivity contribution in [3.8, 4) is 17.2 Å². The second-order valence-electron chi connectivity index (χ2n) is 5.78. The molecule has 0 spiro atoms. The lowest BCUT2D eigenvalue weighted by atomic mass is 9.99. The van der Waals surface area contributed by atoms with Gasteiger partial charge in [0.25, 0.3) is 5.91 Å². The molecule has 0 saturated heterocycles. The Labute approximate surface area is 161 Å². The van der Waals surface area contributed by atoms with Crippen molar-refractivity contribution in [3.63, 3.8) is 0 Å². The molecule has 0 fully saturated rings. The number of benzene rings is 2. The van der Waals surface area contributed by atoms with Crippen LogP contribution in [0.25, 0.3) is 0 Å². The number of nitrogens with zero attached hydrogens (tertiary/aromatic N) is 1. The Morgan fingerprint density at radius 1 is 1.08 bits per heavy atom. The lowest BCUT2D eigenvalue weighted by Crippen LogP contribution is -2.38. The van der Waals surface area contributed by atoms with Crippen LogP contribution in [-0.4, -0.2) is 38.2 Å². The van der Waals surface area contributed by atoms with Crippen molar-refractivity contribution in [2.45, 2.75) is 13.0 Å². The minimum absolute atomic E-state index is 0.0148. The van der Waals surface area contributed by atoms with Gasteiger partial charge in [0.1, 0.15) is 5.75 Å². The molecule has 25 heavy (non-hydrogen) atoms. The fourth-order valence-electron chi connectivity index (χ4n) is 2.86. The van der Waals surface area contributed by atoms with Gasteiger partial charge in [-0.2, -0.15) is 0 Å². The van der Waals surface area contributed by atoms with Crippen LogP contribution in [0.2, 0.25) is 0 Å². The van der Waals surface area contributed by atoms with Crippen LogP contribution < -0.4 is 14.2 Å². The molecule has 132 valence electrons. The quantitative estimate of drug-likeness (QED) is 0.653. The number of carbonyl (C=O) groups is 1. The largest absolute Gasteiger partial charge is 0.493 e. The Kier molecular flexibility index (Phi) is 5.67. The fourth-order valence-corrected chi connectivity index (χ4v) is 3.22. The van der Waals surface area contributed by atoms with Crippen molar-refractivity contribution in [1.29, 1.82) is 0 Å². The highest BCUT2D eigenvalue weighted by molar-refractivity contribution is 14.1. The van der Waals surface area contributed by atoms with E-state index in [0.717, 1.165) is 21.3 Å². The van der Waals surface area contributed by atoms with Gasteiger partial charge in [-0.1, -0.05) is 0 Å². The van der Waals surface area contributed by atoms with Gasteiger partial charge < -0.3 is 19.1 Å². The smallest absolute Gasteiger partial charge is 0.260 e. The fraction of sp³-hybridized carbons (Fsp3) is 0.316. The molecule has 1 amide bonds. The summed E-state index contributed by atoms with van der Waals surface area (Å²) in [5, 5.41) is 0. The molecular weight excluding hydrogens is 433 g/mol. The number of ether oxygens (including phenoxy) is 3. The number of rotatable bonds is 5. The Hall–Kier alpha value is -1.96. The van der Waals surface area contributed by atoms with E-state index >= 15 is 0 Å². The van der Waals surface area contributed by atoms with Gasteiger partial charge in [0, 0.05) is 16.7 Å². The van der Waals surface area contributed by atoms with Gasteiger partial charge in [0.05, 0.1) is 14.2 Å². The van der Waals surface area contributed by atoms with Crippen molar-refractivity contribution < 1.29 is 19.0 Å². The summed E-state index contributed by atoms with van der Waals surface area (Å²) in [6.07, 6.45) is 0.797. The maximum atomic E-state index is 12.5. The molecule has 0 bridgehead atoms. The molecule has 1 aliphatic heterocycles. The molecule has 0 saturated carbocycles. The van der Waals surface area contributed by atoms with Crippen LogP contribution in [0.5, 0.6) is 17.2 Å². The van der Waals surface area contributed by atoms with E-state index in [1.54, 1.807) is 14.2 Å². The number of hydrogen-bond acceptors (Lipinski definition) is 4. The average molecular weight is 453 g/mol. The Balaban J connectivity index is 1.65. The Morgan fingerprint density at radius 3 is 2.36 bits per heavy atom. The minimum atomic E-state index is -0.0148. The van der Waals surface area contributed by atoms with Crippen LogP contribution in [0.1, 0.15) is 11.1 Å². The van der Waals surface area contributed by atoms with E-state index in [4.69, 9.17) is 14.2 Å². The van der Waals surface area contributed by atoms with Crippen LogP contribution in [0.4, 0.5) is 0 Å². The second kappa shape index (κ2) is 7.95. The molecule has 0 aliphatic carbocycles. The van der Waals surface area contributed by atoms with E-state index in [-0.39, 0.29) is 12.5 Å². The standard InChI is InChI=1S/C19H20INO4/c1-23-17-9-13-7-8-21(11-14(13)10-18(17)24-2)19(22)12-25-16-5-3-15(20)4-6-16/h3-6,9-10H,7-8,11-12H2,1-2H3. The third kappa shape index (κ3) is 4.18. The molecule has 3 rings (SSSR count). The summed E-state index contributed by atoms with van der Waals surface area (Å²) < 4.78 is 17.4. The second-order valence-corrected chi connectivity index (χ2v) is 7.03. The third-order valence-electron chi connectivity index (χ3n) is 4.25. The summed E-state index contributed by atoms with van der Waals surface area (Å²) in [7, 11) is 3.25. The predicted octanol–water partition coefficient (Wildman–Crippen LogP) is 3.27. The van der Waals surface area contributed by atoms with E-state index in [9.17, 15) is 4.79 Å². The van der Waals surface area contributed by atoms with E-state index in [1.165, 1.54) is 5.56 Å². The summed E-state index contributed by atoms with van der Waals surface area (Å²) in [5.74, 6) is 2.10. The maximum absolute atomic E-state index is 12.5. The molecule has 0 N–H and O–H groups in total. The van der Waals surface area contributed by atoms with Gasteiger partial charge in [-0.3, -0.25) is 4.79 Å². The average Bonchev–Trinajstić information content (AvgIpc) is 2.65. The van der Waals surface area contributed by atoms with Crippen LogP contribution in [0, 0.1) is 3.57 Å². The molecule has 6 heteroatoms. The summed E-state index contributed by atoms with van der Waals surface area (Å²) >= 11 is 2.23. The monoisotopic (exact) mass is 453 g/mol. The number of hydrogen-bond donors (Lipinski definition) is 0. The molecule has 0 unspecified atom stereocenters. The van der Waals surface area contributed by atoms with Gasteiger partial charge >= 0.3 is 0 Å². The van der Waals surface area contributed by atoms with Crippen LogP contribution in [0.15, 0.2) is 36.4 Å². The first-order chi connectivity index (χ1) is 12.1. The Bertz CT molecular complexity index is 761. The van der Waals surface area contributed by atoms with Gasteiger partial charge in [-0.05, 0) is 76.5 Å². The first-order valence-electron chi connectivity index (χ1n) is 8.00. The number of amides is 1. The number of carbonyl (C=O) groups excluding carboxylic acids is 1. The van der Waals surface area contributed by atoms with Gasteiger partial charge in [0.2, 0.25) is 0 Å². The number of fused-ring (bicyclic) bond motifs is 1. The molecule has 0 aromatic heterocycles. The highest BCUT2D eigenvalue weighted by atomic mass is 127. The summed E-state index contributed by atoms with van der Waals surface area (Å²) in [4.78, 5) is 14.3. The van der Waals surface area contributed by atoms with Crippen LogP contribution in [0.3, 0.4) is 0 Å². The van der Waals surface area contributed by atoms with Crippen molar-refractivity contribution in [2.24, 2.45) is 0 Å². The van der Waals surface area contributed by atoms with Crippen molar-refractivity contribution in [1.82, 2.24) is 4.90 Å². The molecule has 1 heterocycles. The first kappa shape index (κ1) is 17.8. The normalized spacial score (nSPS) is 13.2. The summed E-state index contributed by atoms with van der Waals surface area (Å²) in [5.41, 5.74) is 2.28. The van der Waals surface area contributed by atoms with Crippen LogP contribution in [-0.2, 0) is 17.8 Å². The molecule has 2 aromatic rings. The van der Waals surface area contributed by atoms with Crippen molar-refractivity contribution in [2.75, 3.05) is 27.4 Å². The molecule has 1 aliphatic rings. The lowest BCUT2D eigenvalue weighted by molar-refractivity contribution is -0.134. The van der Waals surface area contributed by atoms with E-state index in [2.05, 4.69) is 22.6 Å². The lowest BCUT2D eigenvalue weighted by Gasteiger charge is -2.29. The van der Waals surface area contributed by atoms with E-state index < -0.39 is 0 Å². The maximum Gasteiger partial charge on any atom is 0.260 e. The predicted molar refractivity (Wildman–Crippen MR) is 103 cm³/mol. The highest BCUT2D eigenvalue weighted by Crippen LogP contribution is 2.33. The summed E-state index contributed by atoms with van der Waals surface area (Å²) in [6, 6.07) is 11.6. The van der Waals surface area contributed by atoms with Crippen LogP contribution >= 0.6 is 22.6 Å². The van der Waals surface area contributed by atoms with E-state index in [0.29, 0.717) is 24.6 Å². The van der Waals surface area contributed by atoms with Crippen molar-refractivity contribution in [3.05, 3.63) is 51.1 Å². The van der Waals surface area contributed by atoms with Gasteiger partial charge in [-0.25, -0.2) is 0 Å². The first-order valence-corrected chi connectivity index (χ1v) is 9.08. The van der Waals surface area contributed by atoms with Gasteiger partial charge in [-0.15, -0.1) is 0 Å². The minimum Gasteiger partial charge on any atom is -0.493 e. The summed E-state index contributed by atoms with van der Waals surface area (Å²) in [6.45, 7) is 1.28. The Morgan fingerprint density at radius 2 is 1.72 bits per heavy atom. The zero-order chi connectivity index (χ0) is 17.8. The number of methoxy groups -OCH3 is 2. The molecule has 5 nitrogen and oxygen atoms in total.